The van der Waals surface area contributed by atoms with Crippen LogP contribution in [0.15, 0.2) is 24.4 Å². The number of nitrogens with one attached hydrogen (secondary N) is 1. The van der Waals surface area contributed by atoms with E-state index in [2.05, 4.69) is 17.2 Å². The molecule has 0 radical (unpaired) electrons. The molecule has 1 aromatic heterocycles. The summed E-state index contributed by atoms with van der Waals surface area (Å²) in [6.45, 7) is 3.46. The minimum Gasteiger partial charge on any atom is -0.344 e. The molecular weight excluding hydrogens is 292 g/mol. The van der Waals surface area contributed by atoms with Gasteiger partial charge in [-0.05, 0) is 38.3 Å². The zero-order chi connectivity index (χ0) is 16.7. The molecule has 1 aromatic rings. The van der Waals surface area contributed by atoms with Crippen LogP contribution in [0.1, 0.15) is 31.9 Å². The number of carbonyl (C=O) groups excluding carboxylic acids is 2. The van der Waals surface area contributed by atoms with Gasteiger partial charge in [0.1, 0.15) is 0 Å². The summed E-state index contributed by atoms with van der Waals surface area (Å²) in [4.78, 5) is 32.0. The lowest BCUT2D eigenvalue weighted by Crippen LogP contribution is -2.49. The van der Waals surface area contributed by atoms with Gasteiger partial charge in [0, 0.05) is 44.5 Å². The second-order valence-corrected chi connectivity index (χ2v) is 6.08. The predicted molar refractivity (Wildman–Crippen MR) is 89.0 cm³/mol. The first-order valence-electron chi connectivity index (χ1n) is 8.26. The molecule has 1 N–H and O–H groups in total. The van der Waals surface area contributed by atoms with Crippen molar-refractivity contribution < 1.29 is 9.59 Å². The zero-order valence-electron chi connectivity index (χ0n) is 14.0. The van der Waals surface area contributed by atoms with Gasteiger partial charge < -0.3 is 15.1 Å². The Morgan fingerprint density at radius 1 is 1.39 bits per heavy atom. The molecule has 0 bridgehead atoms. The fourth-order valence-corrected chi connectivity index (χ4v) is 2.74. The van der Waals surface area contributed by atoms with Crippen LogP contribution in [0.4, 0.5) is 4.79 Å². The molecule has 1 unspecified atom stereocenters. The van der Waals surface area contributed by atoms with Gasteiger partial charge in [0.15, 0.2) is 0 Å². The van der Waals surface area contributed by atoms with Gasteiger partial charge in [-0.1, -0.05) is 6.07 Å². The highest BCUT2D eigenvalue weighted by Crippen LogP contribution is 2.15. The van der Waals surface area contributed by atoms with E-state index in [1.165, 1.54) is 6.42 Å². The van der Waals surface area contributed by atoms with Crippen LogP contribution in [-0.2, 0) is 11.2 Å². The first-order chi connectivity index (χ1) is 11.1. The SMILES string of the molecule is CC1CCCCN1C(=O)NCC(=O)N(C)CCc1ccccn1. The Morgan fingerprint density at radius 3 is 2.91 bits per heavy atom. The van der Waals surface area contributed by atoms with Crippen molar-refractivity contribution >= 4 is 11.9 Å². The number of likely N-dealkylation sites (N-methyl/N-ethyl adjacent to an activating group) is 1. The minimum absolute atomic E-state index is 0.0424. The predicted octanol–water partition coefficient (Wildman–Crippen LogP) is 1.67. The molecule has 1 atom stereocenters. The van der Waals surface area contributed by atoms with Crippen molar-refractivity contribution in [3.8, 4) is 0 Å². The fourth-order valence-electron chi connectivity index (χ4n) is 2.74. The number of hydrogen-bond donors (Lipinski definition) is 1. The number of aromatic nitrogens is 1. The van der Waals surface area contributed by atoms with Crippen molar-refractivity contribution in [1.29, 1.82) is 0 Å². The molecule has 23 heavy (non-hydrogen) atoms. The van der Waals surface area contributed by atoms with Crippen LogP contribution in [-0.4, -0.2) is 59.4 Å². The minimum atomic E-state index is -0.135. The number of amides is 3. The maximum Gasteiger partial charge on any atom is 0.318 e. The van der Waals surface area contributed by atoms with Crippen LogP contribution in [0.2, 0.25) is 0 Å². The van der Waals surface area contributed by atoms with Crippen LogP contribution in [0.25, 0.3) is 0 Å². The van der Waals surface area contributed by atoms with Gasteiger partial charge in [-0.25, -0.2) is 4.79 Å². The third-order valence-electron chi connectivity index (χ3n) is 4.31. The lowest BCUT2D eigenvalue weighted by atomic mass is 10.0. The van der Waals surface area contributed by atoms with E-state index in [4.69, 9.17) is 0 Å². The molecule has 1 saturated heterocycles. The Balaban J connectivity index is 1.72. The second-order valence-electron chi connectivity index (χ2n) is 6.08. The van der Waals surface area contributed by atoms with Crippen molar-refractivity contribution in [1.82, 2.24) is 20.1 Å². The first kappa shape index (κ1) is 17.2. The number of pyridine rings is 1. The van der Waals surface area contributed by atoms with E-state index in [0.29, 0.717) is 13.0 Å². The van der Waals surface area contributed by atoms with Gasteiger partial charge in [0.2, 0.25) is 5.91 Å². The summed E-state index contributed by atoms with van der Waals surface area (Å²) >= 11 is 0. The molecule has 6 nitrogen and oxygen atoms in total. The van der Waals surface area contributed by atoms with Crippen molar-refractivity contribution in [3.63, 3.8) is 0 Å². The summed E-state index contributed by atoms with van der Waals surface area (Å²) in [5, 5.41) is 2.74. The lowest BCUT2D eigenvalue weighted by Gasteiger charge is -2.33. The molecule has 2 heterocycles. The largest absolute Gasteiger partial charge is 0.344 e. The van der Waals surface area contributed by atoms with Gasteiger partial charge in [-0.3, -0.25) is 9.78 Å². The third-order valence-corrected chi connectivity index (χ3v) is 4.31. The number of urea groups is 1. The molecule has 6 heteroatoms. The molecule has 126 valence electrons. The monoisotopic (exact) mass is 318 g/mol. The zero-order valence-corrected chi connectivity index (χ0v) is 14.0. The molecule has 3 amide bonds. The summed E-state index contributed by atoms with van der Waals surface area (Å²) in [5.41, 5.74) is 0.957. The summed E-state index contributed by atoms with van der Waals surface area (Å²) in [7, 11) is 1.75. The number of carbonyl (C=O) groups is 2. The van der Waals surface area contributed by atoms with Crippen molar-refractivity contribution in [3.05, 3.63) is 30.1 Å². The second kappa shape index (κ2) is 8.50. The topological polar surface area (TPSA) is 65.5 Å². The smallest absolute Gasteiger partial charge is 0.318 e. The van der Waals surface area contributed by atoms with Crippen LogP contribution in [0, 0.1) is 0 Å². The van der Waals surface area contributed by atoms with Gasteiger partial charge in [-0.15, -0.1) is 0 Å². The summed E-state index contributed by atoms with van der Waals surface area (Å²) in [6, 6.07) is 5.86. The normalized spacial score (nSPS) is 17.7. The Bertz CT molecular complexity index is 521. The highest BCUT2D eigenvalue weighted by Gasteiger charge is 2.23. The molecule has 0 spiro atoms. The number of likely N-dealkylation sites (tertiary alicyclic amines) is 1. The van der Waals surface area contributed by atoms with E-state index < -0.39 is 0 Å². The lowest BCUT2D eigenvalue weighted by molar-refractivity contribution is -0.128. The third kappa shape index (κ3) is 5.23. The van der Waals surface area contributed by atoms with Gasteiger partial charge in [0.05, 0.1) is 6.54 Å². The van der Waals surface area contributed by atoms with Crippen LogP contribution < -0.4 is 5.32 Å². The van der Waals surface area contributed by atoms with Gasteiger partial charge >= 0.3 is 6.03 Å². The van der Waals surface area contributed by atoms with Crippen molar-refractivity contribution in [2.75, 3.05) is 26.7 Å². The van der Waals surface area contributed by atoms with Crippen LogP contribution in [0.3, 0.4) is 0 Å². The van der Waals surface area contributed by atoms with E-state index in [9.17, 15) is 9.59 Å². The maximum absolute atomic E-state index is 12.1. The first-order valence-corrected chi connectivity index (χ1v) is 8.26. The van der Waals surface area contributed by atoms with Gasteiger partial charge in [0.25, 0.3) is 0 Å². The van der Waals surface area contributed by atoms with E-state index in [0.717, 1.165) is 25.1 Å². The summed E-state index contributed by atoms with van der Waals surface area (Å²) in [5.74, 6) is -0.0843. The Hall–Kier alpha value is -2.11. The van der Waals surface area contributed by atoms with E-state index >= 15 is 0 Å². The Morgan fingerprint density at radius 2 is 2.22 bits per heavy atom. The molecule has 2 rings (SSSR count). The molecule has 0 saturated carbocycles. The number of rotatable bonds is 5. The standard InChI is InChI=1S/C17H26N4O2/c1-14-7-4-6-11-21(14)17(23)19-13-16(22)20(2)12-9-15-8-3-5-10-18-15/h3,5,8,10,14H,4,6-7,9,11-13H2,1-2H3,(H,19,23). The summed E-state index contributed by atoms with van der Waals surface area (Å²) in [6.07, 6.45) is 5.69. The summed E-state index contributed by atoms with van der Waals surface area (Å²) < 4.78 is 0. The number of nitrogens with zero attached hydrogens (tertiary/aromatic N) is 3. The molecule has 1 aliphatic heterocycles. The quantitative estimate of drug-likeness (QED) is 0.898. The molecule has 0 aliphatic carbocycles. The highest BCUT2D eigenvalue weighted by atomic mass is 16.2. The number of hydrogen-bond acceptors (Lipinski definition) is 3. The van der Waals surface area contributed by atoms with Crippen LogP contribution in [0.5, 0.6) is 0 Å². The molecule has 1 aliphatic rings. The average Bonchev–Trinajstić information content (AvgIpc) is 2.58. The van der Waals surface area contributed by atoms with Crippen molar-refractivity contribution in [2.24, 2.45) is 0 Å². The van der Waals surface area contributed by atoms with E-state index in [1.54, 1.807) is 18.1 Å². The van der Waals surface area contributed by atoms with E-state index in [-0.39, 0.29) is 24.5 Å². The Kier molecular flexibility index (Phi) is 6.38. The molecule has 0 aromatic carbocycles. The molecular formula is C17H26N4O2. The number of piperidine rings is 1. The Labute approximate surface area is 137 Å². The fraction of sp³-hybridized carbons (Fsp3) is 0.588. The maximum atomic E-state index is 12.1. The van der Waals surface area contributed by atoms with Gasteiger partial charge in [-0.2, -0.15) is 0 Å². The van der Waals surface area contributed by atoms with E-state index in [1.807, 2.05) is 23.1 Å². The van der Waals surface area contributed by atoms with Crippen molar-refractivity contribution in [2.45, 2.75) is 38.6 Å². The highest BCUT2D eigenvalue weighted by molar-refractivity contribution is 5.84. The van der Waals surface area contributed by atoms with Crippen LogP contribution >= 0.6 is 0 Å². The molecule has 1 fully saturated rings. The average molecular weight is 318 g/mol.